The van der Waals surface area contributed by atoms with Crippen molar-refractivity contribution in [2.75, 3.05) is 0 Å². The fraction of sp³-hybridized carbons (Fsp3) is 1.00. The maximum atomic E-state index is 6.09. The minimum Gasteiger partial charge on any atom is -0.325 e. The SMILES string of the molecule is CC.CC12CCC(N)(CC1)C2. The number of hydrogen-bond acceptors (Lipinski definition) is 1. The van der Waals surface area contributed by atoms with Gasteiger partial charge in [-0.2, -0.15) is 0 Å². The van der Waals surface area contributed by atoms with Crippen molar-refractivity contribution in [3.63, 3.8) is 0 Å². The van der Waals surface area contributed by atoms with Crippen molar-refractivity contribution in [1.82, 2.24) is 0 Å². The summed E-state index contributed by atoms with van der Waals surface area (Å²) in [6, 6.07) is 0. The van der Waals surface area contributed by atoms with Crippen LogP contribution in [0.25, 0.3) is 0 Å². The summed E-state index contributed by atoms with van der Waals surface area (Å²) in [4.78, 5) is 0. The first-order valence-corrected chi connectivity index (χ1v) is 4.91. The second kappa shape index (κ2) is 2.78. The van der Waals surface area contributed by atoms with Gasteiger partial charge in [-0.05, 0) is 37.5 Å². The molecule has 2 rings (SSSR count). The van der Waals surface area contributed by atoms with Gasteiger partial charge in [0.05, 0.1) is 0 Å². The van der Waals surface area contributed by atoms with E-state index in [-0.39, 0.29) is 5.54 Å². The summed E-state index contributed by atoms with van der Waals surface area (Å²) >= 11 is 0. The zero-order chi connectivity index (χ0) is 8.54. The molecule has 2 aliphatic carbocycles. The molecule has 0 aromatic carbocycles. The van der Waals surface area contributed by atoms with Gasteiger partial charge in [-0.3, -0.25) is 0 Å². The molecule has 0 aromatic rings. The molecule has 11 heavy (non-hydrogen) atoms. The number of fused-ring (bicyclic) bond motifs is 2. The largest absolute Gasteiger partial charge is 0.325 e. The molecular formula is C10H21N. The van der Waals surface area contributed by atoms with Crippen molar-refractivity contribution in [3.05, 3.63) is 0 Å². The van der Waals surface area contributed by atoms with Gasteiger partial charge in [-0.1, -0.05) is 20.8 Å². The molecule has 1 heteroatoms. The van der Waals surface area contributed by atoms with Crippen LogP contribution in [0, 0.1) is 5.41 Å². The van der Waals surface area contributed by atoms with Gasteiger partial charge in [-0.25, -0.2) is 0 Å². The average molecular weight is 155 g/mol. The first-order chi connectivity index (χ1) is 5.12. The summed E-state index contributed by atoms with van der Waals surface area (Å²) in [7, 11) is 0. The number of hydrogen-bond donors (Lipinski definition) is 1. The predicted molar refractivity (Wildman–Crippen MR) is 49.5 cm³/mol. The minimum absolute atomic E-state index is 0.273. The van der Waals surface area contributed by atoms with E-state index in [9.17, 15) is 0 Å². The standard InChI is InChI=1S/C8H15N.C2H6/c1-7-2-4-8(9,6-7)5-3-7;1-2/h2-6,9H2,1H3;1-2H3. The number of nitrogens with two attached hydrogens (primary N) is 1. The molecule has 2 N–H and O–H groups in total. The Morgan fingerprint density at radius 1 is 1.00 bits per heavy atom. The maximum absolute atomic E-state index is 6.09. The van der Waals surface area contributed by atoms with E-state index in [1.165, 1.54) is 32.1 Å². The van der Waals surface area contributed by atoms with Crippen LogP contribution in [-0.4, -0.2) is 5.54 Å². The summed E-state index contributed by atoms with van der Waals surface area (Å²) in [5, 5.41) is 0. The average Bonchev–Trinajstić information content (AvgIpc) is 2.44. The predicted octanol–water partition coefficient (Wildman–Crippen LogP) is 2.69. The molecule has 0 spiro atoms. The van der Waals surface area contributed by atoms with E-state index in [4.69, 9.17) is 5.73 Å². The number of rotatable bonds is 0. The first kappa shape index (κ1) is 9.05. The van der Waals surface area contributed by atoms with E-state index >= 15 is 0 Å². The van der Waals surface area contributed by atoms with Gasteiger partial charge in [0.25, 0.3) is 0 Å². The van der Waals surface area contributed by atoms with Crippen LogP contribution in [0.1, 0.15) is 52.9 Å². The molecule has 0 saturated heterocycles. The summed E-state index contributed by atoms with van der Waals surface area (Å²) in [5.41, 5.74) is 7.01. The second-order valence-electron chi connectivity index (χ2n) is 4.35. The lowest BCUT2D eigenvalue weighted by Gasteiger charge is -2.21. The molecular weight excluding hydrogens is 134 g/mol. The second-order valence-corrected chi connectivity index (χ2v) is 4.35. The van der Waals surface area contributed by atoms with E-state index in [2.05, 4.69) is 6.92 Å². The third kappa shape index (κ3) is 1.58. The van der Waals surface area contributed by atoms with E-state index in [0.717, 1.165) is 0 Å². The van der Waals surface area contributed by atoms with Crippen LogP contribution in [0.5, 0.6) is 0 Å². The molecule has 2 aliphatic rings. The highest BCUT2D eigenvalue weighted by Gasteiger charge is 2.48. The van der Waals surface area contributed by atoms with E-state index < -0.39 is 0 Å². The third-order valence-corrected chi connectivity index (χ3v) is 3.23. The van der Waals surface area contributed by atoms with Crippen LogP contribution in [0.3, 0.4) is 0 Å². The van der Waals surface area contributed by atoms with Gasteiger partial charge in [0, 0.05) is 5.54 Å². The Balaban J connectivity index is 0.000000281. The van der Waals surface area contributed by atoms with Crippen molar-refractivity contribution in [2.24, 2.45) is 11.1 Å². The summed E-state index contributed by atoms with van der Waals surface area (Å²) in [6.07, 6.45) is 6.61. The molecule has 2 saturated carbocycles. The zero-order valence-electron chi connectivity index (χ0n) is 8.11. The van der Waals surface area contributed by atoms with Crippen molar-refractivity contribution in [2.45, 2.75) is 58.4 Å². The molecule has 2 bridgehead atoms. The topological polar surface area (TPSA) is 26.0 Å². The van der Waals surface area contributed by atoms with Crippen LogP contribution < -0.4 is 5.73 Å². The highest BCUT2D eigenvalue weighted by Crippen LogP contribution is 2.54. The molecule has 0 atom stereocenters. The fourth-order valence-electron chi connectivity index (χ4n) is 2.55. The summed E-state index contributed by atoms with van der Waals surface area (Å²) < 4.78 is 0. The first-order valence-electron chi connectivity index (χ1n) is 4.91. The summed E-state index contributed by atoms with van der Waals surface area (Å²) in [5.74, 6) is 0. The normalized spacial score (nSPS) is 46.9. The Morgan fingerprint density at radius 2 is 1.45 bits per heavy atom. The van der Waals surface area contributed by atoms with Gasteiger partial charge < -0.3 is 5.73 Å². The van der Waals surface area contributed by atoms with Gasteiger partial charge >= 0.3 is 0 Å². The summed E-state index contributed by atoms with van der Waals surface area (Å²) in [6.45, 7) is 6.38. The molecule has 66 valence electrons. The lowest BCUT2D eigenvalue weighted by Crippen LogP contribution is -2.33. The van der Waals surface area contributed by atoms with Gasteiger partial charge in [0.2, 0.25) is 0 Å². The Kier molecular flexibility index (Phi) is 2.29. The van der Waals surface area contributed by atoms with E-state index in [0.29, 0.717) is 5.41 Å². The Bertz CT molecular complexity index is 116. The molecule has 0 amide bonds. The Morgan fingerprint density at radius 3 is 1.55 bits per heavy atom. The lowest BCUT2D eigenvalue weighted by atomic mass is 9.86. The van der Waals surface area contributed by atoms with Crippen molar-refractivity contribution in [1.29, 1.82) is 0 Å². The molecule has 1 nitrogen and oxygen atoms in total. The van der Waals surface area contributed by atoms with Gasteiger partial charge in [-0.15, -0.1) is 0 Å². The third-order valence-electron chi connectivity index (χ3n) is 3.23. The molecule has 0 heterocycles. The van der Waals surface area contributed by atoms with Gasteiger partial charge in [0.1, 0.15) is 0 Å². The van der Waals surface area contributed by atoms with Crippen LogP contribution in [0.4, 0.5) is 0 Å². The van der Waals surface area contributed by atoms with E-state index in [1.54, 1.807) is 0 Å². The van der Waals surface area contributed by atoms with Crippen LogP contribution >= 0.6 is 0 Å². The molecule has 0 radical (unpaired) electrons. The van der Waals surface area contributed by atoms with Crippen molar-refractivity contribution >= 4 is 0 Å². The Labute approximate surface area is 70.4 Å². The highest BCUT2D eigenvalue weighted by atomic mass is 14.8. The van der Waals surface area contributed by atoms with Crippen molar-refractivity contribution in [3.8, 4) is 0 Å². The molecule has 0 unspecified atom stereocenters. The maximum Gasteiger partial charge on any atom is 0.0160 e. The quantitative estimate of drug-likeness (QED) is 0.572. The minimum atomic E-state index is 0.273. The zero-order valence-corrected chi connectivity index (χ0v) is 8.11. The van der Waals surface area contributed by atoms with Crippen molar-refractivity contribution < 1.29 is 0 Å². The van der Waals surface area contributed by atoms with Crippen LogP contribution in [-0.2, 0) is 0 Å². The fourth-order valence-corrected chi connectivity index (χ4v) is 2.55. The van der Waals surface area contributed by atoms with Crippen LogP contribution in [0.15, 0.2) is 0 Å². The molecule has 0 aliphatic heterocycles. The molecule has 0 aromatic heterocycles. The Hall–Kier alpha value is -0.0400. The van der Waals surface area contributed by atoms with Crippen LogP contribution in [0.2, 0.25) is 0 Å². The monoisotopic (exact) mass is 155 g/mol. The highest BCUT2D eigenvalue weighted by molar-refractivity contribution is 5.05. The smallest absolute Gasteiger partial charge is 0.0160 e. The van der Waals surface area contributed by atoms with E-state index in [1.807, 2.05) is 13.8 Å². The van der Waals surface area contributed by atoms with Gasteiger partial charge in [0.15, 0.2) is 0 Å². The lowest BCUT2D eigenvalue weighted by molar-refractivity contribution is 0.328. The molecule has 2 fully saturated rings.